The average Bonchev–Trinajstić information content (AvgIpc) is 2.25. The minimum absolute atomic E-state index is 0.189. The van der Waals surface area contributed by atoms with E-state index in [0.29, 0.717) is 30.3 Å². The van der Waals surface area contributed by atoms with Gasteiger partial charge in [-0.15, -0.1) is 0 Å². The molecule has 100 valence electrons. The van der Waals surface area contributed by atoms with Gasteiger partial charge in [-0.1, -0.05) is 13.8 Å². The first-order chi connectivity index (χ1) is 8.37. The minimum atomic E-state index is -3.58. The van der Waals surface area contributed by atoms with Gasteiger partial charge in [0.25, 0.3) is 0 Å². The fourth-order valence-corrected chi connectivity index (χ4v) is 2.97. The SMILES string of the molecule is CC(C)c1cc2c(cc1CS(=O)(=O)Cl)OCCO2. The second kappa shape index (κ2) is 4.97. The molecule has 0 unspecified atom stereocenters. The summed E-state index contributed by atoms with van der Waals surface area (Å²) in [5, 5.41) is 0. The maximum Gasteiger partial charge on any atom is 0.236 e. The van der Waals surface area contributed by atoms with Crippen LogP contribution >= 0.6 is 10.7 Å². The molecule has 4 nitrogen and oxygen atoms in total. The van der Waals surface area contributed by atoms with Gasteiger partial charge >= 0.3 is 0 Å². The first kappa shape index (κ1) is 13.5. The zero-order chi connectivity index (χ0) is 13.3. The van der Waals surface area contributed by atoms with E-state index >= 15 is 0 Å². The molecule has 2 rings (SSSR count). The topological polar surface area (TPSA) is 52.6 Å². The van der Waals surface area contributed by atoms with Crippen molar-refractivity contribution in [1.82, 2.24) is 0 Å². The van der Waals surface area contributed by atoms with Gasteiger partial charge < -0.3 is 9.47 Å². The van der Waals surface area contributed by atoms with E-state index < -0.39 is 9.05 Å². The van der Waals surface area contributed by atoms with Gasteiger partial charge in [0.1, 0.15) is 13.2 Å². The lowest BCUT2D eigenvalue weighted by molar-refractivity contribution is 0.171. The molecule has 0 saturated heterocycles. The van der Waals surface area contributed by atoms with Crippen molar-refractivity contribution in [2.45, 2.75) is 25.5 Å². The average molecular weight is 291 g/mol. The Morgan fingerprint density at radius 1 is 1.22 bits per heavy atom. The molecule has 0 amide bonds. The molecule has 1 heterocycles. The molecular weight excluding hydrogens is 276 g/mol. The number of fused-ring (bicyclic) bond motifs is 1. The Morgan fingerprint density at radius 3 is 2.28 bits per heavy atom. The van der Waals surface area contributed by atoms with Gasteiger partial charge in [0.05, 0.1) is 5.75 Å². The highest BCUT2D eigenvalue weighted by molar-refractivity contribution is 8.13. The fraction of sp³-hybridized carbons (Fsp3) is 0.500. The summed E-state index contributed by atoms with van der Waals surface area (Å²) >= 11 is 0. The highest BCUT2D eigenvalue weighted by atomic mass is 35.7. The zero-order valence-electron chi connectivity index (χ0n) is 10.3. The Hall–Kier alpha value is -0.940. The molecule has 0 N–H and O–H groups in total. The van der Waals surface area contributed by atoms with Crippen molar-refractivity contribution in [2.24, 2.45) is 0 Å². The lowest BCUT2D eigenvalue weighted by atomic mass is 9.97. The first-order valence-corrected chi connectivity index (χ1v) is 8.19. The Bertz CT molecular complexity index is 551. The van der Waals surface area contributed by atoms with E-state index in [-0.39, 0.29) is 11.7 Å². The number of hydrogen-bond acceptors (Lipinski definition) is 4. The van der Waals surface area contributed by atoms with Gasteiger partial charge in [0.2, 0.25) is 9.05 Å². The van der Waals surface area contributed by atoms with Crippen molar-refractivity contribution in [3.05, 3.63) is 23.3 Å². The van der Waals surface area contributed by atoms with Crippen LogP contribution in [0.2, 0.25) is 0 Å². The van der Waals surface area contributed by atoms with Gasteiger partial charge in [-0.25, -0.2) is 8.42 Å². The Kier molecular flexibility index (Phi) is 3.73. The summed E-state index contributed by atoms with van der Waals surface area (Å²) in [7, 11) is 1.74. The van der Waals surface area contributed by atoms with Gasteiger partial charge in [0, 0.05) is 10.7 Å². The molecule has 0 bridgehead atoms. The molecule has 0 aliphatic carbocycles. The van der Waals surface area contributed by atoms with Crippen molar-refractivity contribution < 1.29 is 17.9 Å². The lowest BCUT2D eigenvalue weighted by Gasteiger charge is -2.22. The van der Waals surface area contributed by atoms with Crippen molar-refractivity contribution in [3.8, 4) is 11.5 Å². The van der Waals surface area contributed by atoms with Crippen LogP contribution in [-0.4, -0.2) is 21.6 Å². The number of benzene rings is 1. The van der Waals surface area contributed by atoms with Crippen molar-refractivity contribution in [2.75, 3.05) is 13.2 Å². The largest absolute Gasteiger partial charge is 0.486 e. The summed E-state index contributed by atoms with van der Waals surface area (Å²) in [5.74, 6) is 1.24. The van der Waals surface area contributed by atoms with E-state index in [1.165, 1.54) is 0 Å². The molecule has 18 heavy (non-hydrogen) atoms. The Labute approximate surface area is 111 Å². The molecule has 0 atom stereocenters. The molecule has 1 aliphatic heterocycles. The maximum absolute atomic E-state index is 11.2. The van der Waals surface area contributed by atoms with E-state index in [4.69, 9.17) is 20.2 Å². The Balaban J connectivity index is 2.49. The first-order valence-electron chi connectivity index (χ1n) is 5.71. The quantitative estimate of drug-likeness (QED) is 0.803. The number of rotatable bonds is 3. The van der Waals surface area contributed by atoms with Crippen LogP contribution in [0, 0.1) is 0 Å². The van der Waals surface area contributed by atoms with Crippen molar-refractivity contribution in [3.63, 3.8) is 0 Å². The van der Waals surface area contributed by atoms with Crippen LogP contribution in [0.3, 0.4) is 0 Å². The summed E-state index contributed by atoms with van der Waals surface area (Å²) in [6.45, 7) is 4.98. The second-order valence-corrected chi connectivity index (χ2v) is 7.31. The summed E-state index contributed by atoms with van der Waals surface area (Å²) < 4.78 is 33.4. The molecule has 0 spiro atoms. The van der Waals surface area contributed by atoms with E-state index in [0.717, 1.165) is 5.56 Å². The Morgan fingerprint density at radius 2 is 1.78 bits per heavy atom. The van der Waals surface area contributed by atoms with Crippen LogP contribution < -0.4 is 9.47 Å². The molecule has 1 aromatic rings. The maximum atomic E-state index is 11.2. The van der Waals surface area contributed by atoms with Crippen LogP contribution in [-0.2, 0) is 14.8 Å². The van der Waals surface area contributed by atoms with Crippen LogP contribution in [0.25, 0.3) is 0 Å². The van der Waals surface area contributed by atoms with E-state index in [9.17, 15) is 8.42 Å². The highest BCUT2D eigenvalue weighted by Gasteiger charge is 2.20. The van der Waals surface area contributed by atoms with Crippen molar-refractivity contribution >= 4 is 19.7 Å². The number of ether oxygens (including phenoxy) is 2. The van der Waals surface area contributed by atoms with Gasteiger partial charge in [-0.2, -0.15) is 0 Å². The van der Waals surface area contributed by atoms with E-state index in [2.05, 4.69) is 0 Å². The molecular formula is C12H15ClO4S. The predicted octanol–water partition coefficient (Wildman–Crippen LogP) is 2.65. The second-order valence-electron chi connectivity index (χ2n) is 4.53. The molecule has 6 heteroatoms. The van der Waals surface area contributed by atoms with Crippen LogP contribution in [0.4, 0.5) is 0 Å². The van der Waals surface area contributed by atoms with E-state index in [1.54, 1.807) is 6.07 Å². The number of hydrogen-bond donors (Lipinski definition) is 0. The molecule has 0 radical (unpaired) electrons. The molecule has 0 aromatic heterocycles. The van der Waals surface area contributed by atoms with Gasteiger partial charge in [0.15, 0.2) is 11.5 Å². The van der Waals surface area contributed by atoms with Gasteiger partial charge in [-0.05, 0) is 29.2 Å². The highest BCUT2D eigenvalue weighted by Crippen LogP contribution is 2.36. The third-order valence-corrected chi connectivity index (χ3v) is 3.74. The third-order valence-electron chi connectivity index (χ3n) is 2.75. The van der Waals surface area contributed by atoms with Crippen LogP contribution in [0.1, 0.15) is 30.9 Å². The summed E-state index contributed by atoms with van der Waals surface area (Å²) in [4.78, 5) is 0. The zero-order valence-corrected chi connectivity index (χ0v) is 11.8. The summed E-state index contributed by atoms with van der Waals surface area (Å²) in [5.41, 5.74) is 1.59. The molecule has 0 fully saturated rings. The normalized spacial score (nSPS) is 14.9. The lowest BCUT2D eigenvalue weighted by Crippen LogP contribution is -2.16. The predicted molar refractivity (Wildman–Crippen MR) is 70.0 cm³/mol. The van der Waals surface area contributed by atoms with Crippen molar-refractivity contribution in [1.29, 1.82) is 0 Å². The molecule has 0 saturated carbocycles. The van der Waals surface area contributed by atoms with E-state index in [1.807, 2.05) is 19.9 Å². The smallest absolute Gasteiger partial charge is 0.236 e. The number of halogens is 1. The standard InChI is InChI=1S/C12H15ClO4S/c1-8(2)10-6-12-11(16-3-4-17-12)5-9(10)7-18(13,14)15/h5-6,8H,3-4,7H2,1-2H3. The van der Waals surface area contributed by atoms with Crippen LogP contribution in [0.15, 0.2) is 12.1 Å². The summed E-state index contributed by atoms with van der Waals surface area (Å²) in [6, 6.07) is 3.56. The summed E-state index contributed by atoms with van der Waals surface area (Å²) in [6.07, 6.45) is 0. The minimum Gasteiger partial charge on any atom is -0.486 e. The fourth-order valence-electron chi connectivity index (χ4n) is 1.99. The third kappa shape index (κ3) is 3.09. The van der Waals surface area contributed by atoms with Crippen LogP contribution in [0.5, 0.6) is 11.5 Å². The van der Waals surface area contributed by atoms with Gasteiger partial charge in [-0.3, -0.25) is 0 Å². The monoisotopic (exact) mass is 290 g/mol. The molecule has 1 aliphatic rings. The molecule has 1 aromatic carbocycles.